The SMILES string of the molecule is CCOC(=O)C(Cc1ncn(C)n1)=[N+]=[N-]. The highest BCUT2D eigenvalue weighted by molar-refractivity contribution is 6.34. The molecule has 0 unspecified atom stereocenters. The summed E-state index contributed by atoms with van der Waals surface area (Å²) in [5.74, 6) is -0.259. The van der Waals surface area contributed by atoms with Crippen LogP contribution in [0.4, 0.5) is 0 Å². The van der Waals surface area contributed by atoms with Crippen molar-refractivity contribution in [1.82, 2.24) is 14.8 Å². The molecule has 0 aliphatic heterocycles. The van der Waals surface area contributed by atoms with Gasteiger partial charge in [-0.15, -0.1) is 0 Å². The van der Waals surface area contributed by atoms with Crippen LogP contribution in [0.3, 0.4) is 0 Å². The summed E-state index contributed by atoms with van der Waals surface area (Å²) < 4.78 is 6.18. The molecule has 0 saturated carbocycles. The zero-order valence-electron chi connectivity index (χ0n) is 8.54. The largest absolute Gasteiger partial charge is 0.457 e. The number of aromatic nitrogens is 3. The summed E-state index contributed by atoms with van der Waals surface area (Å²) in [4.78, 5) is 18.0. The molecule has 0 aliphatic rings. The molecule has 1 heterocycles. The normalized spacial score (nSPS) is 9.47. The predicted molar refractivity (Wildman–Crippen MR) is 50.0 cm³/mol. The Kier molecular flexibility index (Phi) is 3.70. The van der Waals surface area contributed by atoms with E-state index in [1.807, 2.05) is 0 Å². The number of rotatable bonds is 4. The van der Waals surface area contributed by atoms with Gasteiger partial charge >= 0.3 is 11.7 Å². The molecule has 7 nitrogen and oxygen atoms in total. The Bertz CT molecular complexity index is 405. The molecular weight excluding hydrogens is 198 g/mol. The fourth-order valence-corrected chi connectivity index (χ4v) is 0.977. The van der Waals surface area contributed by atoms with Gasteiger partial charge in [0.15, 0.2) is 5.82 Å². The molecule has 1 aromatic heterocycles. The molecule has 15 heavy (non-hydrogen) atoms. The molecule has 0 bridgehead atoms. The van der Waals surface area contributed by atoms with Crippen LogP contribution in [0.2, 0.25) is 0 Å². The smallest absolute Gasteiger partial charge is 0.417 e. The number of hydrogen-bond acceptors (Lipinski definition) is 4. The van der Waals surface area contributed by atoms with E-state index >= 15 is 0 Å². The maximum atomic E-state index is 11.2. The third-order valence-electron chi connectivity index (χ3n) is 1.60. The van der Waals surface area contributed by atoms with E-state index in [0.29, 0.717) is 5.82 Å². The van der Waals surface area contributed by atoms with Crippen LogP contribution < -0.4 is 0 Å². The number of nitrogens with zero attached hydrogens (tertiary/aromatic N) is 5. The molecule has 0 fully saturated rings. The van der Waals surface area contributed by atoms with Crippen LogP contribution in [0.25, 0.3) is 5.53 Å². The second-order valence-electron chi connectivity index (χ2n) is 2.78. The van der Waals surface area contributed by atoms with Crippen LogP contribution in [0.15, 0.2) is 6.33 Å². The molecular formula is C8H11N5O2. The summed E-state index contributed by atoms with van der Waals surface area (Å²) in [7, 11) is 1.70. The van der Waals surface area contributed by atoms with Crippen LogP contribution in [-0.2, 0) is 23.0 Å². The minimum absolute atomic E-state index is 0.0518. The minimum Gasteiger partial charge on any atom is -0.457 e. The Morgan fingerprint density at radius 2 is 2.47 bits per heavy atom. The molecule has 80 valence electrons. The summed E-state index contributed by atoms with van der Waals surface area (Å²) in [5, 5.41) is 3.95. The zero-order valence-corrected chi connectivity index (χ0v) is 8.54. The van der Waals surface area contributed by atoms with E-state index in [1.54, 1.807) is 14.0 Å². The van der Waals surface area contributed by atoms with Crippen molar-refractivity contribution in [1.29, 1.82) is 0 Å². The van der Waals surface area contributed by atoms with Crippen molar-refractivity contribution in [2.75, 3.05) is 6.61 Å². The summed E-state index contributed by atoms with van der Waals surface area (Å²) >= 11 is 0. The lowest BCUT2D eigenvalue weighted by molar-refractivity contribution is -0.140. The first-order valence-electron chi connectivity index (χ1n) is 4.40. The molecule has 0 saturated heterocycles. The standard InChI is InChI=1S/C8H11N5O2/c1-3-15-8(14)6(11-9)4-7-10-5-13(2)12-7/h5H,3-4H2,1-2H3. The molecule has 0 N–H and O–H groups in total. The Hall–Kier alpha value is -2.01. The molecule has 0 radical (unpaired) electrons. The molecule has 1 rings (SSSR count). The van der Waals surface area contributed by atoms with Crippen LogP contribution in [0.5, 0.6) is 0 Å². The quantitative estimate of drug-likeness (QED) is 0.291. The summed E-state index contributed by atoms with van der Waals surface area (Å²) in [5.41, 5.74) is 8.51. The van der Waals surface area contributed by atoms with E-state index in [4.69, 9.17) is 5.53 Å². The zero-order chi connectivity index (χ0) is 11.3. The highest BCUT2D eigenvalue weighted by Crippen LogP contribution is 1.93. The Morgan fingerprint density at radius 1 is 1.73 bits per heavy atom. The number of hydrogen-bond donors (Lipinski definition) is 0. The highest BCUT2D eigenvalue weighted by Gasteiger charge is 2.23. The van der Waals surface area contributed by atoms with Gasteiger partial charge in [0.2, 0.25) is 0 Å². The maximum absolute atomic E-state index is 11.2. The van der Waals surface area contributed by atoms with Crippen LogP contribution in [0.1, 0.15) is 12.7 Å². The minimum atomic E-state index is -0.660. The number of carbonyl (C=O) groups excluding carboxylic acids is 1. The maximum Gasteiger partial charge on any atom is 0.417 e. The van der Waals surface area contributed by atoms with Crippen molar-refractivity contribution in [2.24, 2.45) is 7.05 Å². The summed E-state index contributed by atoms with van der Waals surface area (Å²) in [6.45, 7) is 1.90. The lowest BCUT2D eigenvalue weighted by Gasteiger charge is -1.94. The average Bonchev–Trinajstić information content (AvgIpc) is 2.61. The number of esters is 1. The van der Waals surface area contributed by atoms with Gasteiger partial charge in [-0.25, -0.2) is 9.78 Å². The first kappa shape index (κ1) is 11.1. The molecule has 0 spiro atoms. The first-order valence-corrected chi connectivity index (χ1v) is 4.40. The van der Waals surface area contributed by atoms with Gasteiger partial charge in [0, 0.05) is 7.05 Å². The number of ether oxygens (including phenoxy) is 1. The van der Waals surface area contributed by atoms with Crippen LogP contribution >= 0.6 is 0 Å². The van der Waals surface area contributed by atoms with Gasteiger partial charge in [-0.1, -0.05) is 0 Å². The van der Waals surface area contributed by atoms with E-state index in [-0.39, 0.29) is 18.7 Å². The van der Waals surface area contributed by atoms with Crippen molar-refractivity contribution in [3.05, 3.63) is 17.7 Å². The highest BCUT2D eigenvalue weighted by atomic mass is 16.5. The van der Waals surface area contributed by atoms with E-state index in [9.17, 15) is 4.79 Å². The second-order valence-corrected chi connectivity index (χ2v) is 2.78. The van der Waals surface area contributed by atoms with Crippen molar-refractivity contribution < 1.29 is 14.3 Å². The van der Waals surface area contributed by atoms with E-state index in [0.717, 1.165) is 0 Å². The van der Waals surface area contributed by atoms with Crippen molar-refractivity contribution >= 4 is 11.7 Å². The lowest BCUT2D eigenvalue weighted by Crippen LogP contribution is -2.21. The summed E-state index contributed by atoms with van der Waals surface area (Å²) in [6.07, 6.45) is 1.55. The van der Waals surface area contributed by atoms with Gasteiger partial charge in [0.05, 0.1) is 6.61 Å². The van der Waals surface area contributed by atoms with Gasteiger partial charge in [0.25, 0.3) is 0 Å². The third kappa shape index (κ3) is 2.99. The van der Waals surface area contributed by atoms with Gasteiger partial charge in [-0.05, 0) is 6.92 Å². The Labute approximate surface area is 86.3 Å². The average molecular weight is 209 g/mol. The third-order valence-corrected chi connectivity index (χ3v) is 1.60. The number of carbonyl (C=O) groups is 1. The number of aryl methyl sites for hydroxylation is 1. The molecule has 1 aromatic rings. The molecule has 0 aliphatic carbocycles. The lowest BCUT2D eigenvalue weighted by atomic mass is 10.2. The molecule has 0 atom stereocenters. The van der Waals surface area contributed by atoms with Crippen LogP contribution in [0, 0.1) is 0 Å². The summed E-state index contributed by atoms with van der Waals surface area (Å²) in [6, 6.07) is 0. The van der Waals surface area contributed by atoms with Crippen molar-refractivity contribution in [3.8, 4) is 0 Å². The van der Waals surface area contributed by atoms with Gasteiger partial charge in [0.1, 0.15) is 12.7 Å². The van der Waals surface area contributed by atoms with E-state index in [1.165, 1.54) is 11.0 Å². The van der Waals surface area contributed by atoms with Gasteiger partial charge < -0.3 is 10.3 Å². The Balaban J connectivity index is 2.71. The molecule has 7 heteroatoms. The van der Waals surface area contributed by atoms with Crippen molar-refractivity contribution in [2.45, 2.75) is 13.3 Å². The predicted octanol–water partition coefficient (Wildman–Crippen LogP) is -0.409. The fourth-order valence-electron chi connectivity index (χ4n) is 0.977. The van der Waals surface area contributed by atoms with E-state index in [2.05, 4.69) is 19.6 Å². The van der Waals surface area contributed by atoms with Crippen molar-refractivity contribution in [3.63, 3.8) is 0 Å². The molecule has 0 aromatic carbocycles. The van der Waals surface area contributed by atoms with Gasteiger partial charge in [-0.2, -0.15) is 9.89 Å². The topological polar surface area (TPSA) is 93.4 Å². The molecule has 0 amide bonds. The van der Waals surface area contributed by atoms with Gasteiger partial charge in [-0.3, -0.25) is 4.68 Å². The second kappa shape index (κ2) is 5.02. The Morgan fingerprint density at radius 3 is 2.93 bits per heavy atom. The van der Waals surface area contributed by atoms with Crippen LogP contribution in [-0.4, -0.2) is 37.8 Å². The van der Waals surface area contributed by atoms with E-state index < -0.39 is 5.97 Å². The first-order chi connectivity index (χ1) is 7.17. The monoisotopic (exact) mass is 209 g/mol. The fraction of sp³-hybridized carbons (Fsp3) is 0.500.